The molecule has 0 fully saturated rings. The van der Waals surface area contributed by atoms with Crippen LogP contribution in [0.3, 0.4) is 0 Å². The molecule has 122 valence electrons. The highest BCUT2D eigenvalue weighted by molar-refractivity contribution is 5.98. The second-order valence-corrected chi connectivity index (χ2v) is 7.53. The minimum Gasteiger partial charge on any atom is -0.382 e. The third-order valence-electron chi connectivity index (χ3n) is 3.97. The fourth-order valence-corrected chi connectivity index (χ4v) is 3.25. The van der Waals surface area contributed by atoms with Crippen LogP contribution in [0.1, 0.15) is 50.5 Å². The van der Waals surface area contributed by atoms with Crippen molar-refractivity contribution < 1.29 is 4.79 Å². The minimum absolute atomic E-state index is 0.239. The van der Waals surface area contributed by atoms with E-state index in [0.717, 1.165) is 25.1 Å². The van der Waals surface area contributed by atoms with Crippen LogP contribution < -0.4 is 5.32 Å². The Bertz CT molecular complexity index is 512. The number of benzene rings is 1. The highest BCUT2D eigenvalue weighted by atomic mass is 16.1. The number of hydrogen-bond acceptors (Lipinski definition) is 3. The lowest BCUT2D eigenvalue weighted by atomic mass is 10.0. The molecule has 2 rings (SSSR count). The summed E-state index contributed by atoms with van der Waals surface area (Å²) < 4.78 is 0. The topological polar surface area (TPSA) is 32.3 Å². The van der Waals surface area contributed by atoms with Gasteiger partial charge in [-0.2, -0.15) is 0 Å². The van der Waals surface area contributed by atoms with Crippen LogP contribution in [0.5, 0.6) is 0 Å². The van der Waals surface area contributed by atoms with Gasteiger partial charge in [0.25, 0.3) is 0 Å². The van der Waals surface area contributed by atoms with Crippen LogP contribution in [0.2, 0.25) is 0 Å². The van der Waals surface area contributed by atoms with Crippen molar-refractivity contribution in [1.82, 2.24) is 4.90 Å². The van der Waals surface area contributed by atoms with Crippen molar-refractivity contribution >= 4 is 11.5 Å². The van der Waals surface area contributed by atoms with Crippen LogP contribution in [-0.4, -0.2) is 36.4 Å². The van der Waals surface area contributed by atoms with E-state index < -0.39 is 0 Å². The second-order valence-electron chi connectivity index (χ2n) is 7.53. The first-order valence-corrected chi connectivity index (χ1v) is 8.50. The average Bonchev–Trinajstić information content (AvgIpc) is 2.75. The zero-order valence-electron chi connectivity index (χ0n) is 14.6. The Morgan fingerprint density at radius 3 is 2.45 bits per heavy atom. The summed E-state index contributed by atoms with van der Waals surface area (Å²) in [5.41, 5.74) is 3.31. The number of fused-ring (bicyclic) bond motifs is 1. The summed E-state index contributed by atoms with van der Waals surface area (Å²) in [4.78, 5) is 14.9. The van der Waals surface area contributed by atoms with Gasteiger partial charge in [-0.05, 0) is 48.9 Å². The normalized spacial score (nSPS) is 17.2. The molecule has 0 radical (unpaired) electrons. The first-order valence-electron chi connectivity index (χ1n) is 8.50. The molecule has 1 heterocycles. The molecule has 0 saturated carbocycles. The van der Waals surface area contributed by atoms with E-state index in [1.165, 1.54) is 11.3 Å². The molecule has 0 aromatic heterocycles. The molecule has 1 aromatic carbocycles. The number of nitrogens with zero attached hydrogens (tertiary/aromatic N) is 1. The number of carbonyl (C=O) groups is 1. The van der Waals surface area contributed by atoms with Gasteiger partial charge in [0.05, 0.1) is 6.54 Å². The maximum Gasteiger partial charge on any atom is 0.176 e. The summed E-state index contributed by atoms with van der Waals surface area (Å²) in [6.45, 7) is 13.5. The Balaban J connectivity index is 2.05. The van der Waals surface area contributed by atoms with E-state index in [-0.39, 0.29) is 5.78 Å². The molecule has 0 bridgehead atoms. The SMILES string of the molecule is CC(C)CN(CC(=O)c1ccc2c(c1)CC(C)N2)CC(C)C. The summed E-state index contributed by atoms with van der Waals surface area (Å²) >= 11 is 0. The van der Waals surface area contributed by atoms with E-state index >= 15 is 0 Å². The number of carbonyl (C=O) groups excluding carboxylic acids is 1. The number of hydrogen-bond donors (Lipinski definition) is 1. The van der Waals surface area contributed by atoms with E-state index in [1.54, 1.807) is 0 Å². The third-order valence-corrected chi connectivity index (χ3v) is 3.97. The average molecular weight is 302 g/mol. The number of rotatable bonds is 7. The fourth-order valence-electron chi connectivity index (χ4n) is 3.25. The molecule has 1 atom stereocenters. The molecular weight excluding hydrogens is 272 g/mol. The Morgan fingerprint density at radius 1 is 1.23 bits per heavy atom. The van der Waals surface area contributed by atoms with Crippen LogP contribution in [0.25, 0.3) is 0 Å². The number of ketones is 1. The van der Waals surface area contributed by atoms with E-state index in [4.69, 9.17) is 0 Å². The minimum atomic E-state index is 0.239. The molecule has 1 aromatic rings. The molecule has 0 spiro atoms. The van der Waals surface area contributed by atoms with Crippen LogP contribution in [0.15, 0.2) is 18.2 Å². The van der Waals surface area contributed by atoms with Crippen molar-refractivity contribution in [3.8, 4) is 0 Å². The molecular formula is C19H30N2O. The number of nitrogens with one attached hydrogen (secondary N) is 1. The van der Waals surface area contributed by atoms with Crippen molar-refractivity contribution in [2.24, 2.45) is 11.8 Å². The van der Waals surface area contributed by atoms with Gasteiger partial charge in [0.1, 0.15) is 0 Å². The standard InChI is InChI=1S/C19H30N2O/c1-13(2)10-21(11-14(3)4)12-19(22)16-6-7-18-17(9-16)8-15(5)20-18/h6-7,9,13-15,20H,8,10-12H2,1-5H3. The molecule has 1 aliphatic rings. The van der Waals surface area contributed by atoms with Gasteiger partial charge >= 0.3 is 0 Å². The van der Waals surface area contributed by atoms with Gasteiger partial charge in [0.15, 0.2) is 5.78 Å². The summed E-state index contributed by atoms with van der Waals surface area (Å²) in [6, 6.07) is 6.58. The molecule has 1 N–H and O–H groups in total. The van der Waals surface area contributed by atoms with Gasteiger partial charge in [-0.15, -0.1) is 0 Å². The Labute approximate surface area is 135 Å². The van der Waals surface area contributed by atoms with Gasteiger partial charge in [0.2, 0.25) is 0 Å². The highest BCUT2D eigenvalue weighted by Crippen LogP contribution is 2.26. The van der Waals surface area contributed by atoms with Crippen molar-refractivity contribution in [3.05, 3.63) is 29.3 Å². The van der Waals surface area contributed by atoms with Gasteiger partial charge in [0, 0.05) is 30.4 Å². The van der Waals surface area contributed by atoms with E-state index in [2.05, 4.69) is 57.0 Å². The van der Waals surface area contributed by atoms with E-state index in [1.807, 2.05) is 6.07 Å². The van der Waals surface area contributed by atoms with Gasteiger partial charge in [-0.1, -0.05) is 27.7 Å². The third kappa shape index (κ3) is 4.57. The van der Waals surface area contributed by atoms with Crippen LogP contribution >= 0.6 is 0 Å². The van der Waals surface area contributed by atoms with Crippen molar-refractivity contribution in [2.75, 3.05) is 25.0 Å². The number of anilines is 1. The summed E-state index contributed by atoms with van der Waals surface area (Å²) in [6.07, 6.45) is 1.01. The van der Waals surface area contributed by atoms with Gasteiger partial charge in [-0.25, -0.2) is 0 Å². The lowest BCUT2D eigenvalue weighted by molar-refractivity contribution is 0.0912. The maximum atomic E-state index is 12.6. The highest BCUT2D eigenvalue weighted by Gasteiger charge is 2.20. The van der Waals surface area contributed by atoms with Gasteiger partial charge < -0.3 is 5.32 Å². The molecule has 0 amide bonds. The monoisotopic (exact) mass is 302 g/mol. The predicted octanol–water partition coefficient (Wildman–Crippen LogP) is 3.84. The fraction of sp³-hybridized carbons (Fsp3) is 0.632. The molecule has 1 unspecified atom stereocenters. The molecule has 0 aliphatic carbocycles. The zero-order chi connectivity index (χ0) is 16.3. The van der Waals surface area contributed by atoms with Crippen LogP contribution in [0.4, 0.5) is 5.69 Å². The lowest BCUT2D eigenvalue weighted by Crippen LogP contribution is -2.35. The summed E-state index contributed by atoms with van der Waals surface area (Å²) in [5.74, 6) is 1.40. The predicted molar refractivity (Wildman–Crippen MR) is 93.7 cm³/mol. The first kappa shape index (κ1) is 17.0. The lowest BCUT2D eigenvalue weighted by Gasteiger charge is -2.25. The zero-order valence-corrected chi connectivity index (χ0v) is 14.6. The summed E-state index contributed by atoms with van der Waals surface area (Å²) in [5, 5.41) is 3.43. The Kier molecular flexibility index (Phi) is 5.63. The second kappa shape index (κ2) is 7.28. The maximum absolute atomic E-state index is 12.6. The molecule has 22 heavy (non-hydrogen) atoms. The van der Waals surface area contributed by atoms with Crippen LogP contribution in [-0.2, 0) is 6.42 Å². The molecule has 3 nitrogen and oxygen atoms in total. The first-order chi connectivity index (χ1) is 10.3. The van der Waals surface area contributed by atoms with E-state index in [9.17, 15) is 4.79 Å². The van der Waals surface area contributed by atoms with Crippen molar-refractivity contribution in [2.45, 2.75) is 47.1 Å². The largest absolute Gasteiger partial charge is 0.382 e. The van der Waals surface area contributed by atoms with E-state index in [0.29, 0.717) is 24.4 Å². The number of Topliss-reactive ketones (excluding diaryl/α,β-unsaturated/α-hetero) is 1. The Hall–Kier alpha value is -1.35. The quantitative estimate of drug-likeness (QED) is 0.777. The molecule has 1 aliphatic heterocycles. The Morgan fingerprint density at radius 2 is 1.86 bits per heavy atom. The van der Waals surface area contributed by atoms with Gasteiger partial charge in [-0.3, -0.25) is 9.69 Å². The molecule has 3 heteroatoms. The van der Waals surface area contributed by atoms with Crippen molar-refractivity contribution in [3.63, 3.8) is 0 Å². The van der Waals surface area contributed by atoms with Crippen molar-refractivity contribution in [1.29, 1.82) is 0 Å². The molecule has 0 saturated heterocycles. The smallest absolute Gasteiger partial charge is 0.176 e. The van der Waals surface area contributed by atoms with Crippen LogP contribution in [0, 0.1) is 11.8 Å². The summed E-state index contributed by atoms with van der Waals surface area (Å²) in [7, 11) is 0.